The van der Waals surface area contributed by atoms with Gasteiger partial charge in [-0.05, 0) is 62.5 Å². The van der Waals surface area contributed by atoms with Crippen molar-refractivity contribution in [1.29, 1.82) is 0 Å². The molecule has 0 bridgehead atoms. The van der Waals surface area contributed by atoms with E-state index in [0.717, 1.165) is 70.8 Å². The maximum atomic E-state index is 12.7. The molecule has 3 N–H and O–H groups in total. The second-order valence-corrected chi connectivity index (χ2v) is 10.1. The molecule has 3 fully saturated rings. The van der Waals surface area contributed by atoms with Gasteiger partial charge in [-0.2, -0.15) is 4.98 Å². The number of ether oxygens (including phenoxy) is 1. The number of amides is 2. The number of hydrogen-bond acceptors (Lipinski definition) is 7. The summed E-state index contributed by atoms with van der Waals surface area (Å²) in [5.41, 5.74) is 7.66. The van der Waals surface area contributed by atoms with Gasteiger partial charge in [0, 0.05) is 51.5 Å². The van der Waals surface area contributed by atoms with Gasteiger partial charge in [-0.15, -0.1) is 0 Å². The van der Waals surface area contributed by atoms with Crippen LogP contribution in [0.4, 0.5) is 10.6 Å². The van der Waals surface area contributed by atoms with E-state index in [0.29, 0.717) is 25.2 Å². The lowest BCUT2D eigenvalue weighted by Crippen LogP contribution is -2.50. The van der Waals surface area contributed by atoms with Gasteiger partial charge >= 0.3 is 11.7 Å². The molecule has 0 spiro atoms. The van der Waals surface area contributed by atoms with Crippen LogP contribution in [0.2, 0.25) is 0 Å². The van der Waals surface area contributed by atoms with E-state index >= 15 is 0 Å². The molecule has 5 rings (SSSR count). The fourth-order valence-corrected chi connectivity index (χ4v) is 4.97. The minimum atomic E-state index is -0.421. The van der Waals surface area contributed by atoms with Crippen LogP contribution in [-0.2, 0) is 11.2 Å². The summed E-state index contributed by atoms with van der Waals surface area (Å²) in [6, 6.07) is 9.80. The highest BCUT2D eigenvalue weighted by Crippen LogP contribution is 2.15. The van der Waals surface area contributed by atoms with Gasteiger partial charge < -0.3 is 20.3 Å². The number of carbonyl (C=O) groups excluding carboxylic acids is 1. The molecule has 2 atom stereocenters. The van der Waals surface area contributed by atoms with Crippen molar-refractivity contribution in [1.82, 2.24) is 24.3 Å². The second kappa shape index (κ2) is 11.5. The summed E-state index contributed by atoms with van der Waals surface area (Å²) in [6.45, 7) is 7.92. The molecular weight excluding hydrogens is 458 g/mol. The van der Waals surface area contributed by atoms with Crippen LogP contribution in [0.3, 0.4) is 0 Å². The van der Waals surface area contributed by atoms with Gasteiger partial charge in [0.2, 0.25) is 0 Å². The zero-order valence-electron chi connectivity index (χ0n) is 20.8. The molecule has 2 aromatic rings. The van der Waals surface area contributed by atoms with Crippen LogP contribution >= 0.6 is 0 Å². The van der Waals surface area contributed by atoms with Crippen LogP contribution in [0.1, 0.15) is 24.8 Å². The molecule has 10 nitrogen and oxygen atoms in total. The number of carbonyl (C=O) groups is 1. The summed E-state index contributed by atoms with van der Waals surface area (Å²) in [5.74, 6) is 0.267. The lowest BCUT2D eigenvalue weighted by atomic mass is 10.1. The third kappa shape index (κ3) is 6.70. The Morgan fingerprint density at radius 1 is 1.03 bits per heavy atom. The topological polar surface area (TPSA) is 112 Å². The zero-order valence-corrected chi connectivity index (χ0v) is 20.8. The normalized spacial score (nSPS) is 23.3. The van der Waals surface area contributed by atoms with Crippen LogP contribution < -0.4 is 16.7 Å². The maximum absolute atomic E-state index is 12.7. The Kier molecular flexibility index (Phi) is 7.96. The van der Waals surface area contributed by atoms with Crippen LogP contribution in [0.5, 0.6) is 0 Å². The van der Waals surface area contributed by atoms with Crippen molar-refractivity contribution in [2.24, 2.45) is 5.73 Å². The quantitative estimate of drug-likeness (QED) is 0.554. The molecule has 36 heavy (non-hydrogen) atoms. The fourth-order valence-electron chi connectivity index (χ4n) is 4.97. The number of aromatic nitrogens is 2. The van der Waals surface area contributed by atoms with E-state index in [-0.39, 0.29) is 11.8 Å². The molecule has 0 radical (unpaired) electrons. The Labute approximate surface area is 212 Å². The SMILES string of the molecule is NC1CCCN(CCc2ccc(-n3ccc(NC(=O)N4CCN(CC5CO5)CC4)nc3=O)cc2)CC1. The molecule has 0 aliphatic carbocycles. The number of likely N-dealkylation sites (tertiary alicyclic amines) is 1. The fraction of sp³-hybridized carbons (Fsp3) is 0.577. The number of nitrogens with one attached hydrogen (secondary N) is 1. The number of nitrogens with zero attached hydrogens (tertiary/aromatic N) is 5. The number of benzene rings is 1. The summed E-state index contributed by atoms with van der Waals surface area (Å²) in [4.78, 5) is 36.0. The smallest absolute Gasteiger partial charge is 0.354 e. The molecule has 194 valence electrons. The summed E-state index contributed by atoms with van der Waals surface area (Å²) < 4.78 is 6.78. The van der Waals surface area contributed by atoms with E-state index < -0.39 is 5.69 Å². The average Bonchev–Trinajstić information content (AvgIpc) is 3.72. The van der Waals surface area contributed by atoms with Gasteiger partial charge in [-0.1, -0.05) is 12.1 Å². The molecule has 10 heteroatoms. The highest BCUT2D eigenvalue weighted by molar-refractivity contribution is 5.88. The number of anilines is 1. The summed E-state index contributed by atoms with van der Waals surface area (Å²) >= 11 is 0. The maximum Gasteiger partial charge on any atom is 0.354 e. The number of rotatable bonds is 7. The van der Waals surface area contributed by atoms with E-state index in [1.807, 2.05) is 12.1 Å². The molecule has 2 amide bonds. The third-order valence-corrected chi connectivity index (χ3v) is 7.36. The van der Waals surface area contributed by atoms with Gasteiger partial charge in [-0.25, -0.2) is 9.59 Å². The van der Waals surface area contributed by atoms with Gasteiger partial charge in [0.25, 0.3) is 0 Å². The van der Waals surface area contributed by atoms with Crippen molar-refractivity contribution in [3.63, 3.8) is 0 Å². The van der Waals surface area contributed by atoms with Crippen LogP contribution in [0.25, 0.3) is 5.69 Å². The van der Waals surface area contributed by atoms with Crippen LogP contribution in [-0.4, -0.2) is 101 Å². The number of epoxide rings is 1. The highest BCUT2D eigenvalue weighted by Gasteiger charge is 2.28. The lowest BCUT2D eigenvalue weighted by molar-refractivity contribution is 0.140. The summed E-state index contributed by atoms with van der Waals surface area (Å²) in [5, 5.41) is 2.77. The standard InChI is InChI=1S/C26H37N7O3/c27-21-2-1-10-30(12-8-21)11-7-20-3-5-22(6-4-20)33-13-9-24(29-26(33)35)28-25(34)32-16-14-31(15-17-32)18-23-19-36-23/h3-6,9,13,21,23H,1-2,7-8,10-12,14-19,27H2,(H,28,29,34,35). The molecular formula is C26H37N7O3. The average molecular weight is 496 g/mol. The zero-order chi connectivity index (χ0) is 24.9. The van der Waals surface area contributed by atoms with Crippen molar-refractivity contribution in [2.45, 2.75) is 37.8 Å². The van der Waals surface area contributed by atoms with Crippen molar-refractivity contribution < 1.29 is 9.53 Å². The van der Waals surface area contributed by atoms with Crippen molar-refractivity contribution >= 4 is 11.8 Å². The Balaban J connectivity index is 1.12. The molecule has 2 unspecified atom stereocenters. The molecule has 3 aliphatic rings. The number of hydrogen-bond donors (Lipinski definition) is 2. The number of urea groups is 1. The predicted molar refractivity (Wildman–Crippen MR) is 139 cm³/mol. The van der Waals surface area contributed by atoms with Crippen LogP contribution in [0, 0.1) is 0 Å². The molecule has 3 aliphatic heterocycles. The first-order chi connectivity index (χ1) is 17.5. The Morgan fingerprint density at radius 2 is 1.81 bits per heavy atom. The second-order valence-electron chi connectivity index (χ2n) is 10.1. The van der Waals surface area contributed by atoms with Crippen molar-refractivity contribution in [3.8, 4) is 5.69 Å². The molecule has 0 saturated carbocycles. The summed E-state index contributed by atoms with van der Waals surface area (Å²) in [7, 11) is 0. The first-order valence-corrected chi connectivity index (χ1v) is 13.1. The Morgan fingerprint density at radius 3 is 2.53 bits per heavy atom. The third-order valence-electron chi connectivity index (χ3n) is 7.36. The number of piperazine rings is 1. The molecule has 1 aromatic heterocycles. The monoisotopic (exact) mass is 495 g/mol. The van der Waals surface area contributed by atoms with E-state index in [1.165, 1.54) is 16.6 Å². The van der Waals surface area contributed by atoms with Crippen molar-refractivity contribution in [2.75, 3.05) is 64.3 Å². The minimum absolute atomic E-state index is 0.224. The van der Waals surface area contributed by atoms with E-state index in [1.54, 1.807) is 17.2 Å². The van der Waals surface area contributed by atoms with Gasteiger partial charge in [0.1, 0.15) is 5.82 Å². The molecule has 4 heterocycles. The highest BCUT2D eigenvalue weighted by atomic mass is 16.6. The van der Waals surface area contributed by atoms with E-state index in [2.05, 4.69) is 32.2 Å². The lowest BCUT2D eigenvalue weighted by Gasteiger charge is -2.34. The van der Waals surface area contributed by atoms with Crippen LogP contribution in [0.15, 0.2) is 41.3 Å². The largest absolute Gasteiger partial charge is 0.372 e. The van der Waals surface area contributed by atoms with E-state index in [4.69, 9.17) is 10.5 Å². The first-order valence-electron chi connectivity index (χ1n) is 13.1. The minimum Gasteiger partial charge on any atom is -0.372 e. The Hall–Kier alpha value is -2.79. The Bertz CT molecular complexity index is 1080. The first kappa shape index (κ1) is 24.9. The van der Waals surface area contributed by atoms with Gasteiger partial charge in [0.05, 0.1) is 18.4 Å². The van der Waals surface area contributed by atoms with Gasteiger partial charge in [-0.3, -0.25) is 14.8 Å². The van der Waals surface area contributed by atoms with E-state index in [9.17, 15) is 9.59 Å². The van der Waals surface area contributed by atoms with Gasteiger partial charge in [0.15, 0.2) is 0 Å². The molecule has 3 saturated heterocycles. The van der Waals surface area contributed by atoms with Crippen molar-refractivity contribution in [3.05, 3.63) is 52.6 Å². The molecule has 1 aromatic carbocycles. The number of nitrogens with two attached hydrogens (primary N) is 1. The summed E-state index contributed by atoms with van der Waals surface area (Å²) in [6.07, 6.45) is 6.34. The predicted octanol–water partition coefficient (Wildman–Crippen LogP) is 1.14.